The molecule has 1 fully saturated rings. The highest BCUT2D eigenvalue weighted by Gasteiger charge is 2.27. The topological polar surface area (TPSA) is 54.5 Å². The van der Waals surface area contributed by atoms with Crippen molar-refractivity contribution in [1.29, 1.82) is 0 Å². The van der Waals surface area contributed by atoms with Crippen molar-refractivity contribution in [2.45, 2.75) is 38.0 Å². The van der Waals surface area contributed by atoms with E-state index in [0.717, 1.165) is 19.3 Å². The van der Waals surface area contributed by atoms with Crippen LogP contribution in [0.4, 0.5) is 0 Å². The summed E-state index contributed by atoms with van der Waals surface area (Å²) >= 11 is 5.77. The van der Waals surface area contributed by atoms with Gasteiger partial charge in [0.05, 0.1) is 5.75 Å². The first-order valence-corrected chi connectivity index (χ1v) is 9.32. The van der Waals surface area contributed by atoms with Gasteiger partial charge in [-0.15, -0.1) is 0 Å². The monoisotopic (exact) mass is 329 g/mol. The predicted molar refractivity (Wildman–Crippen MR) is 84.0 cm³/mol. The number of piperidine rings is 1. The van der Waals surface area contributed by atoms with Crippen LogP contribution in [0.15, 0.2) is 24.3 Å². The van der Waals surface area contributed by atoms with Crippen molar-refractivity contribution in [3.8, 4) is 0 Å². The Balaban J connectivity index is 1.99. The fourth-order valence-corrected chi connectivity index (χ4v) is 4.10. The van der Waals surface area contributed by atoms with E-state index in [9.17, 15) is 13.2 Å². The molecule has 1 saturated heterocycles. The van der Waals surface area contributed by atoms with Crippen LogP contribution >= 0.6 is 11.6 Å². The van der Waals surface area contributed by atoms with Gasteiger partial charge in [-0.2, -0.15) is 0 Å². The zero-order valence-corrected chi connectivity index (χ0v) is 13.7. The number of benzene rings is 1. The Kier molecular flexibility index (Phi) is 5.27. The lowest BCUT2D eigenvalue weighted by Gasteiger charge is -2.33. The fraction of sp³-hybridized carbons (Fsp3) is 0.533. The van der Waals surface area contributed by atoms with Gasteiger partial charge in [-0.25, -0.2) is 8.42 Å². The Morgan fingerprint density at radius 3 is 2.57 bits per heavy atom. The summed E-state index contributed by atoms with van der Waals surface area (Å²) in [6, 6.07) is 6.79. The minimum atomic E-state index is -3.45. The predicted octanol–water partition coefficient (Wildman–Crippen LogP) is 2.66. The van der Waals surface area contributed by atoms with E-state index in [2.05, 4.69) is 0 Å². The van der Waals surface area contributed by atoms with E-state index in [-0.39, 0.29) is 17.7 Å². The van der Waals surface area contributed by atoms with Crippen LogP contribution < -0.4 is 0 Å². The zero-order valence-electron chi connectivity index (χ0n) is 12.1. The third kappa shape index (κ3) is 4.71. The Hall–Kier alpha value is -1.07. The van der Waals surface area contributed by atoms with E-state index in [1.165, 1.54) is 0 Å². The molecule has 0 bridgehead atoms. The SMILES string of the molecule is CC1CCCCN1C(=O)CS(=O)(=O)Cc1ccc(Cl)cc1. The summed E-state index contributed by atoms with van der Waals surface area (Å²) in [5.41, 5.74) is 0.652. The maximum Gasteiger partial charge on any atom is 0.238 e. The van der Waals surface area contributed by atoms with Gasteiger partial charge in [-0.3, -0.25) is 4.79 Å². The van der Waals surface area contributed by atoms with Crippen molar-refractivity contribution in [1.82, 2.24) is 4.90 Å². The molecule has 1 amide bonds. The Labute approximate surface area is 131 Å². The third-order valence-electron chi connectivity index (χ3n) is 3.77. The summed E-state index contributed by atoms with van der Waals surface area (Å²) in [5, 5.41) is 0.564. The first-order valence-electron chi connectivity index (χ1n) is 7.12. The average Bonchev–Trinajstić information content (AvgIpc) is 2.41. The van der Waals surface area contributed by atoms with Gasteiger partial charge in [0.15, 0.2) is 9.84 Å². The van der Waals surface area contributed by atoms with Crippen LogP contribution in [0, 0.1) is 0 Å². The summed E-state index contributed by atoms with van der Waals surface area (Å²) in [4.78, 5) is 13.9. The van der Waals surface area contributed by atoms with E-state index in [4.69, 9.17) is 11.6 Å². The van der Waals surface area contributed by atoms with Crippen LogP contribution in [0.25, 0.3) is 0 Å². The van der Waals surface area contributed by atoms with Crippen molar-refractivity contribution in [2.24, 2.45) is 0 Å². The number of carbonyl (C=O) groups excluding carboxylic acids is 1. The molecule has 6 heteroatoms. The maximum absolute atomic E-state index is 12.2. The number of halogens is 1. The molecule has 1 unspecified atom stereocenters. The fourth-order valence-electron chi connectivity index (χ4n) is 2.63. The first-order chi connectivity index (χ1) is 9.87. The molecule has 116 valence electrons. The summed E-state index contributed by atoms with van der Waals surface area (Å²) in [6.07, 6.45) is 3.00. The van der Waals surface area contributed by atoms with E-state index >= 15 is 0 Å². The normalized spacial score (nSPS) is 19.5. The van der Waals surface area contributed by atoms with Crippen molar-refractivity contribution < 1.29 is 13.2 Å². The minimum Gasteiger partial charge on any atom is -0.339 e. The standard InChI is InChI=1S/C15H20ClNO3S/c1-12-4-2-3-9-17(12)15(18)11-21(19,20)10-13-5-7-14(16)8-6-13/h5-8,12H,2-4,9-11H2,1H3. The molecule has 21 heavy (non-hydrogen) atoms. The molecule has 0 aromatic heterocycles. The van der Waals surface area contributed by atoms with Gasteiger partial charge < -0.3 is 4.90 Å². The molecule has 1 aromatic carbocycles. The van der Waals surface area contributed by atoms with Crippen LogP contribution in [0.1, 0.15) is 31.7 Å². The second-order valence-corrected chi connectivity index (χ2v) is 8.09. The number of sulfone groups is 1. The summed E-state index contributed by atoms with van der Waals surface area (Å²) in [5.74, 6) is -0.825. The van der Waals surface area contributed by atoms with E-state index < -0.39 is 15.6 Å². The molecule has 1 atom stereocenters. The summed E-state index contributed by atoms with van der Waals surface area (Å²) in [7, 11) is -3.45. The molecule has 0 N–H and O–H groups in total. The lowest BCUT2D eigenvalue weighted by Crippen LogP contribution is -2.44. The number of hydrogen-bond donors (Lipinski definition) is 0. The van der Waals surface area contributed by atoms with Crippen LogP contribution in [0.3, 0.4) is 0 Å². The molecule has 2 rings (SSSR count). The largest absolute Gasteiger partial charge is 0.339 e. The van der Waals surface area contributed by atoms with Crippen LogP contribution in [-0.4, -0.2) is 37.6 Å². The minimum absolute atomic E-state index is 0.127. The molecule has 1 aliphatic heterocycles. The van der Waals surface area contributed by atoms with Gasteiger partial charge in [-0.1, -0.05) is 23.7 Å². The first kappa shape index (κ1) is 16.3. The third-order valence-corrected chi connectivity index (χ3v) is 5.48. The van der Waals surface area contributed by atoms with Gasteiger partial charge in [0.25, 0.3) is 0 Å². The number of likely N-dealkylation sites (tertiary alicyclic amines) is 1. The number of rotatable bonds is 4. The van der Waals surface area contributed by atoms with Crippen molar-refractivity contribution in [3.05, 3.63) is 34.9 Å². The molecule has 1 heterocycles. The van der Waals surface area contributed by atoms with Crippen LogP contribution in [-0.2, 0) is 20.4 Å². The summed E-state index contributed by atoms with van der Waals surface area (Å²) < 4.78 is 24.3. The zero-order chi connectivity index (χ0) is 15.5. The Morgan fingerprint density at radius 1 is 1.29 bits per heavy atom. The Bertz CT molecular complexity index is 598. The Morgan fingerprint density at radius 2 is 1.95 bits per heavy atom. The highest BCUT2D eigenvalue weighted by Crippen LogP contribution is 2.18. The number of nitrogens with zero attached hydrogens (tertiary/aromatic N) is 1. The average molecular weight is 330 g/mol. The molecule has 0 spiro atoms. The smallest absolute Gasteiger partial charge is 0.238 e. The molecular weight excluding hydrogens is 310 g/mol. The van der Waals surface area contributed by atoms with Crippen LogP contribution in [0.5, 0.6) is 0 Å². The lowest BCUT2D eigenvalue weighted by atomic mass is 10.0. The number of hydrogen-bond acceptors (Lipinski definition) is 3. The molecule has 1 aromatic rings. The quantitative estimate of drug-likeness (QED) is 0.853. The van der Waals surface area contributed by atoms with Gasteiger partial charge in [0.1, 0.15) is 5.75 Å². The molecule has 0 saturated carbocycles. The van der Waals surface area contributed by atoms with Gasteiger partial charge in [-0.05, 0) is 43.9 Å². The molecule has 0 radical (unpaired) electrons. The van der Waals surface area contributed by atoms with Crippen molar-refractivity contribution in [3.63, 3.8) is 0 Å². The molecule has 1 aliphatic rings. The van der Waals surface area contributed by atoms with Crippen molar-refractivity contribution >= 4 is 27.3 Å². The molecular formula is C15H20ClNO3S. The highest BCUT2D eigenvalue weighted by atomic mass is 35.5. The highest BCUT2D eigenvalue weighted by molar-refractivity contribution is 7.91. The lowest BCUT2D eigenvalue weighted by molar-refractivity contribution is -0.131. The van der Waals surface area contributed by atoms with Gasteiger partial charge >= 0.3 is 0 Å². The van der Waals surface area contributed by atoms with Gasteiger partial charge in [0, 0.05) is 17.6 Å². The number of carbonyl (C=O) groups is 1. The molecule has 4 nitrogen and oxygen atoms in total. The second-order valence-electron chi connectivity index (χ2n) is 5.59. The maximum atomic E-state index is 12.2. The molecule has 0 aliphatic carbocycles. The van der Waals surface area contributed by atoms with Gasteiger partial charge in [0.2, 0.25) is 5.91 Å². The van der Waals surface area contributed by atoms with Crippen molar-refractivity contribution in [2.75, 3.05) is 12.3 Å². The van der Waals surface area contributed by atoms with E-state index in [0.29, 0.717) is 17.1 Å². The van der Waals surface area contributed by atoms with E-state index in [1.54, 1.807) is 29.2 Å². The van der Waals surface area contributed by atoms with Crippen LogP contribution in [0.2, 0.25) is 5.02 Å². The summed E-state index contributed by atoms with van der Waals surface area (Å²) in [6.45, 7) is 2.64. The second kappa shape index (κ2) is 6.79. The number of amides is 1. The van der Waals surface area contributed by atoms with E-state index in [1.807, 2.05) is 6.92 Å².